The van der Waals surface area contributed by atoms with Crippen molar-refractivity contribution in [2.45, 2.75) is 51.6 Å². The Labute approximate surface area is 92.2 Å². The van der Waals surface area contributed by atoms with Gasteiger partial charge in [0.15, 0.2) is 0 Å². The SMILES string of the molecule is CCCC1CC1N1CCC(NCC)C1=O. The van der Waals surface area contributed by atoms with Crippen molar-refractivity contribution in [3.05, 3.63) is 0 Å². The zero-order valence-electron chi connectivity index (χ0n) is 9.83. The first-order valence-corrected chi connectivity index (χ1v) is 6.31. The van der Waals surface area contributed by atoms with Crippen LogP contribution >= 0.6 is 0 Å². The molecule has 0 aromatic carbocycles. The van der Waals surface area contributed by atoms with Crippen LogP contribution in [0, 0.1) is 5.92 Å². The predicted molar refractivity (Wildman–Crippen MR) is 60.6 cm³/mol. The Kier molecular flexibility index (Phi) is 3.29. The highest BCUT2D eigenvalue weighted by Crippen LogP contribution is 2.41. The summed E-state index contributed by atoms with van der Waals surface area (Å²) in [6, 6.07) is 0.694. The number of rotatable bonds is 5. The summed E-state index contributed by atoms with van der Waals surface area (Å²) in [6.45, 7) is 6.16. The molecule has 1 amide bonds. The lowest BCUT2D eigenvalue weighted by molar-refractivity contribution is -0.130. The number of likely N-dealkylation sites (tertiary alicyclic amines) is 1. The van der Waals surface area contributed by atoms with Crippen LogP contribution in [0.4, 0.5) is 0 Å². The molecule has 0 radical (unpaired) electrons. The summed E-state index contributed by atoms with van der Waals surface area (Å²) in [4.78, 5) is 14.1. The third-order valence-corrected chi connectivity index (χ3v) is 3.64. The van der Waals surface area contributed by atoms with Gasteiger partial charge in [-0.15, -0.1) is 0 Å². The molecule has 15 heavy (non-hydrogen) atoms. The Bertz CT molecular complexity index is 242. The van der Waals surface area contributed by atoms with Gasteiger partial charge in [-0.2, -0.15) is 0 Å². The molecule has 1 heterocycles. The minimum absolute atomic E-state index is 0.109. The molecule has 86 valence electrons. The summed E-state index contributed by atoms with van der Waals surface area (Å²) >= 11 is 0. The normalized spacial score (nSPS) is 34.9. The summed E-state index contributed by atoms with van der Waals surface area (Å²) in [5, 5.41) is 3.26. The molecule has 2 aliphatic rings. The quantitative estimate of drug-likeness (QED) is 0.743. The molecule has 1 aliphatic carbocycles. The van der Waals surface area contributed by atoms with Gasteiger partial charge in [0, 0.05) is 12.6 Å². The average molecular weight is 210 g/mol. The van der Waals surface area contributed by atoms with E-state index >= 15 is 0 Å². The standard InChI is InChI=1S/C12H22N2O/c1-3-5-9-8-11(9)14-7-6-10(12(14)15)13-4-2/h9-11,13H,3-8H2,1-2H3. The smallest absolute Gasteiger partial charge is 0.240 e. The topological polar surface area (TPSA) is 32.3 Å². The van der Waals surface area contributed by atoms with Gasteiger partial charge >= 0.3 is 0 Å². The van der Waals surface area contributed by atoms with Crippen LogP contribution < -0.4 is 5.32 Å². The minimum atomic E-state index is 0.109. The Hall–Kier alpha value is -0.570. The van der Waals surface area contributed by atoms with Crippen molar-refractivity contribution in [3.8, 4) is 0 Å². The Morgan fingerprint density at radius 1 is 1.47 bits per heavy atom. The number of carbonyl (C=O) groups excluding carboxylic acids is 1. The third kappa shape index (κ3) is 2.17. The second-order valence-corrected chi connectivity index (χ2v) is 4.78. The molecule has 1 saturated carbocycles. The largest absolute Gasteiger partial charge is 0.338 e. The highest BCUT2D eigenvalue weighted by atomic mass is 16.2. The zero-order chi connectivity index (χ0) is 10.8. The molecule has 1 N–H and O–H groups in total. The summed E-state index contributed by atoms with van der Waals surface area (Å²) in [6.07, 6.45) is 4.79. The minimum Gasteiger partial charge on any atom is -0.338 e. The second kappa shape index (κ2) is 4.52. The molecule has 3 nitrogen and oxygen atoms in total. The fourth-order valence-electron chi connectivity index (χ4n) is 2.76. The molecule has 0 bridgehead atoms. The van der Waals surface area contributed by atoms with E-state index in [0.717, 1.165) is 25.4 Å². The fourth-order valence-corrected chi connectivity index (χ4v) is 2.76. The first kappa shape index (κ1) is 10.9. The van der Waals surface area contributed by atoms with Crippen molar-refractivity contribution in [1.82, 2.24) is 10.2 Å². The van der Waals surface area contributed by atoms with Crippen molar-refractivity contribution < 1.29 is 4.79 Å². The first-order chi connectivity index (χ1) is 7.27. The number of nitrogens with zero attached hydrogens (tertiary/aromatic N) is 1. The van der Waals surface area contributed by atoms with E-state index in [0.29, 0.717) is 11.9 Å². The van der Waals surface area contributed by atoms with E-state index in [1.54, 1.807) is 0 Å². The number of hydrogen-bond acceptors (Lipinski definition) is 2. The third-order valence-electron chi connectivity index (χ3n) is 3.64. The number of hydrogen-bond donors (Lipinski definition) is 1. The molecular formula is C12H22N2O. The summed E-state index contributed by atoms with van der Waals surface area (Å²) in [7, 11) is 0. The van der Waals surface area contributed by atoms with Crippen molar-refractivity contribution in [2.75, 3.05) is 13.1 Å². The first-order valence-electron chi connectivity index (χ1n) is 6.31. The van der Waals surface area contributed by atoms with E-state index < -0.39 is 0 Å². The van der Waals surface area contributed by atoms with Crippen LogP contribution in [-0.4, -0.2) is 36.0 Å². The molecule has 0 spiro atoms. The summed E-state index contributed by atoms with van der Waals surface area (Å²) in [5.41, 5.74) is 0. The van der Waals surface area contributed by atoms with Gasteiger partial charge in [-0.3, -0.25) is 4.79 Å². The van der Waals surface area contributed by atoms with E-state index in [1.165, 1.54) is 19.3 Å². The zero-order valence-corrected chi connectivity index (χ0v) is 9.83. The number of nitrogens with one attached hydrogen (secondary N) is 1. The Morgan fingerprint density at radius 2 is 2.27 bits per heavy atom. The van der Waals surface area contributed by atoms with Crippen molar-refractivity contribution in [2.24, 2.45) is 5.92 Å². The molecule has 1 saturated heterocycles. The summed E-state index contributed by atoms with van der Waals surface area (Å²) in [5.74, 6) is 1.15. The molecule has 2 fully saturated rings. The Morgan fingerprint density at radius 3 is 2.93 bits per heavy atom. The molecule has 3 heteroatoms. The van der Waals surface area contributed by atoms with E-state index in [2.05, 4.69) is 24.1 Å². The maximum Gasteiger partial charge on any atom is 0.240 e. The fraction of sp³-hybridized carbons (Fsp3) is 0.917. The maximum atomic E-state index is 12.0. The predicted octanol–water partition coefficient (Wildman–Crippen LogP) is 1.39. The van der Waals surface area contributed by atoms with Gasteiger partial charge in [0.2, 0.25) is 5.91 Å². The molecular weight excluding hydrogens is 188 g/mol. The van der Waals surface area contributed by atoms with Crippen molar-refractivity contribution in [3.63, 3.8) is 0 Å². The maximum absolute atomic E-state index is 12.0. The van der Waals surface area contributed by atoms with Crippen LogP contribution in [0.25, 0.3) is 0 Å². The van der Waals surface area contributed by atoms with Crippen LogP contribution in [0.1, 0.15) is 39.5 Å². The number of carbonyl (C=O) groups is 1. The lowest BCUT2D eigenvalue weighted by atomic mass is 10.2. The monoisotopic (exact) mass is 210 g/mol. The highest BCUT2D eigenvalue weighted by Gasteiger charge is 2.46. The second-order valence-electron chi connectivity index (χ2n) is 4.78. The van der Waals surface area contributed by atoms with Crippen LogP contribution in [0.5, 0.6) is 0 Å². The lowest BCUT2D eigenvalue weighted by Crippen LogP contribution is -2.39. The molecule has 1 aliphatic heterocycles. The van der Waals surface area contributed by atoms with E-state index in [4.69, 9.17) is 0 Å². The van der Waals surface area contributed by atoms with Crippen molar-refractivity contribution >= 4 is 5.91 Å². The van der Waals surface area contributed by atoms with E-state index in [9.17, 15) is 4.79 Å². The molecule has 0 aromatic heterocycles. The molecule has 0 aromatic rings. The van der Waals surface area contributed by atoms with Gasteiger partial charge in [-0.25, -0.2) is 0 Å². The van der Waals surface area contributed by atoms with Crippen LogP contribution in [0.15, 0.2) is 0 Å². The van der Waals surface area contributed by atoms with Crippen LogP contribution in [0.3, 0.4) is 0 Å². The molecule has 3 unspecified atom stereocenters. The van der Waals surface area contributed by atoms with Crippen LogP contribution in [0.2, 0.25) is 0 Å². The molecule has 2 rings (SSSR count). The van der Waals surface area contributed by atoms with Crippen LogP contribution in [-0.2, 0) is 4.79 Å². The highest BCUT2D eigenvalue weighted by molar-refractivity contribution is 5.84. The van der Waals surface area contributed by atoms with Crippen molar-refractivity contribution in [1.29, 1.82) is 0 Å². The Balaban J connectivity index is 1.83. The van der Waals surface area contributed by atoms with E-state index in [-0.39, 0.29) is 6.04 Å². The molecule has 3 atom stereocenters. The average Bonchev–Trinajstić information content (AvgIpc) is 2.88. The van der Waals surface area contributed by atoms with Gasteiger partial charge in [-0.05, 0) is 31.7 Å². The van der Waals surface area contributed by atoms with Gasteiger partial charge in [-0.1, -0.05) is 20.3 Å². The van der Waals surface area contributed by atoms with E-state index in [1.807, 2.05) is 0 Å². The summed E-state index contributed by atoms with van der Waals surface area (Å²) < 4.78 is 0. The van der Waals surface area contributed by atoms with Gasteiger partial charge in [0.05, 0.1) is 6.04 Å². The van der Waals surface area contributed by atoms with Gasteiger partial charge in [0.1, 0.15) is 0 Å². The number of amides is 1. The van der Waals surface area contributed by atoms with Gasteiger partial charge in [0.25, 0.3) is 0 Å². The lowest BCUT2D eigenvalue weighted by Gasteiger charge is -2.17. The number of likely N-dealkylation sites (N-methyl/N-ethyl adjacent to an activating group) is 1. The van der Waals surface area contributed by atoms with Gasteiger partial charge < -0.3 is 10.2 Å².